The highest BCUT2D eigenvalue weighted by Crippen LogP contribution is 2.26. The van der Waals surface area contributed by atoms with Gasteiger partial charge in [-0.2, -0.15) is 0 Å². The number of nitrogens with zero attached hydrogens (tertiary/aromatic N) is 2. The lowest BCUT2D eigenvalue weighted by Crippen LogP contribution is -2.03. The van der Waals surface area contributed by atoms with E-state index >= 15 is 0 Å². The van der Waals surface area contributed by atoms with E-state index in [-0.39, 0.29) is 6.61 Å². The van der Waals surface area contributed by atoms with Crippen LogP contribution in [0.4, 0.5) is 0 Å². The summed E-state index contributed by atoms with van der Waals surface area (Å²) in [5.74, 6) is 2.84. The summed E-state index contributed by atoms with van der Waals surface area (Å²) >= 11 is 5.52. The molecule has 5 nitrogen and oxygen atoms in total. The van der Waals surface area contributed by atoms with Crippen molar-refractivity contribution in [3.05, 3.63) is 84.2 Å². The summed E-state index contributed by atoms with van der Waals surface area (Å²) in [5, 5.41) is -0.515. The zero-order valence-electron chi connectivity index (χ0n) is 15.1. The minimum absolute atomic E-state index is 0.264. The summed E-state index contributed by atoms with van der Waals surface area (Å²) in [7, 11) is 1.93. The van der Waals surface area contributed by atoms with Gasteiger partial charge in [0.2, 0.25) is 0 Å². The summed E-state index contributed by atoms with van der Waals surface area (Å²) in [6, 6.07) is 22.2. The lowest BCUT2D eigenvalue weighted by atomic mass is 10.2. The SMILES string of the molecule is Cn1c(COc2cccc(C(=O)Cl)c2)nc2ccc(Oc3ccccc3)cc21. The second kappa shape index (κ2) is 7.74. The van der Waals surface area contributed by atoms with Crippen molar-refractivity contribution in [3.8, 4) is 17.2 Å². The summed E-state index contributed by atoms with van der Waals surface area (Å²) in [6.45, 7) is 0.264. The molecule has 0 spiro atoms. The molecule has 0 saturated heterocycles. The summed E-state index contributed by atoms with van der Waals surface area (Å²) in [4.78, 5) is 15.9. The Kier molecular flexibility index (Phi) is 5.00. The van der Waals surface area contributed by atoms with E-state index in [0.717, 1.165) is 28.4 Å². The lowest BCUT2D eigenvalue weighted by molar-refractivity contribution is 0.108. The molecular formula is C22H17ClN2O3. The predicted molar refractivity (Wildman–Crippen MR) is 108 cm³/mol. The Bertz CT molecular complexity index is 1140. The van der Waals surface area contributed by atoms with E-state index in [1.165, 1.54) is 0 Å². The topological polar surface area (TPSA) is 53.4 Å². The molecule has 1 heterocycles. The van der Waals surface area contributed by atoms with Crippen molar-refractivity contribution in [2.75, 3.05) is 0 Å². The first-order chi connectivity index (χ1) is 13.6. The minimum atomic E-state index is -0.515. The quantitative estimate of drug-likeness (QED) is 0.416. The van der Waals surface area contributed by atoms with Crippen LogP contribution in [0.5, 0.6) is 17.2 Å². The highest BCUT2D eigenvalue weighted by molar-refractivity contribution is 6.67. The molecule has 0 bridgehead atoms. The van der Waals surface area contributed by atoms with Gasteiger partial charge in [0.1, 0.15) is 29.7 Å². The molecule has 4 aromatic rings. The average molecular weight is 393 g/mol. The van der Waals surface area contributed by atoms with Crippen molar-refractivity contribution >= 4 is 27.9 Å². The van der Waals surface area contributed by atoms with Crippen molar-refractivity contribution in [1.29, 1.82) is 0 Å². The van der Waals surface area contributed by atoms with Gasteiger partial charge in [0.25, 0.3) is 5.24 Å². The van der Waals surface area contributed by atoms with E-state index in [2.05, 4.69) is 4.98 Å². The maximum absolute atomic E-state index is 11.3. The maximum atomic E-state index is 11.3. The molecule has 0 aliphatic carbocycles. The van der Waals surface area contributed by atoms with Gasteiger partial charge in [0.05, 0.1) is 11.0 Å². The molecule has 1 aromatic heterocycles. The Hall–Kier alpha value is -3.31. The normalized spacial score (nSPS) is 10.8. The molecular weight excluding hydrogens is 376 g/mol. The van der Waals surface area contributed by atoms with Gasteiger partial charge in [-0.3, -0.25) is 4.79 Å². The second-order valence-corrected chi connectivity index (χ2v) is 6.59. The first-order valence-corrected chi connectivity index (χ1v) is 9.09. The Morgan fingerprint density at radius 2 is 1.75 bits per heavy atom. The van der Waals surface area contributed by atoms with Gasteiger partial charge in [-0.25, -0.2) is 4.98 Å². The molecule has 0 aliphatic heterocycles. The van der Waals surface area contributed by atoms with E-state index in [4.69, 9.17) is 21.1 Å². The zero-order chi connectivity index (χ0) is 19.5. The van der Waals surface area contributed by atoms with Crippen LogP contribution in [0.25, 0.3) is 11.0 Å². The number of fused-ring (bicyclic) bond motifs is 1. The molecule has 0 amide bonds. The van der Waals surface area contributed by atoms with Crippen LogP contribution < -0.4 is 9.47 Å². The van der Waals surface area contributed by atoms with Crippen molar-refractivity contribution < 1.29 is 14.3 Å². The maximum Gasteiger partial charge on any atom is 0.252 e. The van der Waals surface area contributed by atoms with Gasteiger partial charge in [-0.05, 0) is 54.1 Å². The molecule has 0 radical (unpaired) electrons. The largest absolute Gasteiger partial charge is 0.486 e. The van der Waals surface area contributed by atoms with Crippen LogP contribution in [0.2, 0.25) is 0 Å². The number of carbonyl (C=O) groups excluding carboxylic acids is 1. The van der Waals surface area contributed by atoms with Crippen LogP contribution in [0.3, 0.4) is 0 Å². The number of imidazole rings is 1. The van der Waals surface area contributed by atoms with E-state index in [1.54, 1.807) is 24.3 Å². The zero-order valence-corrected chi connectivity index (χ0v) is 15.9. The fraction of sp³-hybridized carbons (Fsp3) is 0.0909. The van der Waals surface area contributed by atoms with Crippen LogP contribution in [0.15, 0.2) is 72.8 Å². The third-order valence-electron chi connectivity index (χ3n) is 4.35. The molecule has 4 rings (SSSR count). The van der Waals surface area contributed by atoms with Crippen LogP contribution in [-0.2, 0) is 13.7 Å². The van der Waals surface area contributed by atoms with Crippen LogP contribution in [0, 0.1) is 0 Å². The minimum Gasteiger partial charge on any atom is -0.486 e. The van der Waals surface area contributed by atoms with E-state index < -0.39 is 5.24 Å². The van der Waals surface area contributed by atoms with Gasteiger partial charge in [-0.15, -0.1) is 0 Å². The van der Waals surface area contributed by atoms with Gasteiger partial charge in [0.15, 0.2) is 0 Å². The number of rotatable bonds is 6. The molecule has 0 saturated carbocycles. The van der Waals surface area contributed by atoms with E-state index in [0.29, 0.717) is 11.3 Å². The number of carbonyl (C=O) groups is 1. The molecule has 0 fully saturated rings. The summed E-state index contributed by atoms with van der Waals surface area (Å²) in [5.41, 5.74) is 2.19. The third-order valence-corrected chi connectivity index (χ3v) is 4.57. The van der Waals surface area contributed by atoms with Crippen LogP contribution in [-0.4, -0.2) is 14.8 Å². The lowest BCUT2D eigenvalue weighted by Gasteiger charge is -2.08. The fourth-order valence-corrected chi connectivity index (χ4v) is 3.01. The highest BCUT2D eigenvalue weighted by atomic mass is 35.5. The highest BCUT2D eigenvalue weighted by Gasteiger charge is 2.11. The number of benzene rings is 3. The number of para-hydroxylation sites is 1. The van der Waals surface area contributed by atoms with Crippen LogP contribution >= 0.6 is 11.6 Å². The van der Waals surface area contributed by atoms with Crippen molar-refractivity contribution in [1.82, 2.24) is 9.55 Å². The number of ether oxygens (including phenoxy) is 2. The number of halogens is 1. The van der Waals surface area contributed by atoms with Gasteiger partial charge >= 0.3 is 0 Å². The Morgan fingerprint density at radius 1 is 0.964 bits per heavy atom. The molecule has 28 heavy (non-hydrogen) atoms. The standard InChI is InChI=1S/C22H17ClN2O3/c1-25-20-13-18(28-16-7-3-2-4-8-16)10-11-19(20)24-21(25)14-27-17-9-5-6-15(12-17)22(23)26/h2-13H,14H2,1H3. The van der Waals surface area contributed by atoms with Gasteiger partial charge in [-0.1, -0.05) is 24.3 Å². The van der Waals surface area contributed by atoms with Crippen molar-refractivity contribution in [2.45, 2.75) is 6.61 Å². The monoisotopic (exact) mass is 392 g/mol. The van der Waals surface area contributed by atoms with E-state index in [1.807, 2.05) is 60.1 Å². The number of hydrogen-bond acceptors (Lipinski definition) is 4. The predicted octanol–water partition coefficient (Wildman–Crippen LogP) is 5.32. The first kappa shape index (κ1) is 18.1. The summed E-state index contributed by atoms with van der Waals surface area (Å²) in [6.07, 6.45) is 0. The molecule has 0 atom stereocenters. The third kappa shape index (κ3) is 3.85. The van der Waals surface area contributed by atoms with E-state index in [9.17, 15) is 4.79 Å². The first-order valence-electron chi connectivity index (χ1n) is 8.71. The smallest absolute Gasteiger partial charge is 0.252 e. The van der Waals surface area contributed by atoms with Crippen molar-refractivity contribution in [2.24, 2.45) is 7.05 Å². The molecule has 0 N–H and O–H groups in total. The van der Waals surface area contributed by atoms with Gasteiger partial charge in [0, 0.05) is 18.7 Å². The van der Waals surface area contributed by atoms with Crippen molar-refractivity contribution in [3.63, 3.8) is 0 Å². The Morgan fingerprint density at radius 3 is 2.54 bits per heavy atom. The molecule has 140 valence electrons. The average Bonchev–Trinajstić information content (AvgIpc) is 3.03. The second-order valence-electron chi connectivity index (χ2n) is 6.24. The Balaban J connectivity index is 1.54. The molecule has 3 aromatic carbocycles. The van der Waals surface area contributed by atoms with Crippen LogP contribution in [0.1, 0.15) is 16.2 Å². The molecule has 0 unspecified atom stereocenters. The van der Waals surface area contributed by atoms with Gasteiger partial charge < -0.3 is 14.0 Å². The molecule has 0 aliphatic rings. The number of aromatic nitrogens is 2. The fourth-order valence-electron chi connectivity index (χ4n) is 2.89. The number of aryl methyl sites for hydroxylation is 1. The molecule has 6 heteroatoms. The summed E-state index contributed by atoms with van der Waals surface area (Å²) < 4.78 is 13.7. The Labute approximate surface area is 167 Å². The number of hydrogen-bond donors (Lipinski definition) is 0.